The van der Waals surface area contributed by atoms with Crippen LogP contribution in [0.4, 0.5) is 13.2 Å². The molecule has 0 aliphatic carbocycles. The van der Waals surface area contributed by atoms with Gasteiger partial charge in [0.15, 0.2) is 5.82 Å². The molecule has 0 atom stereocenters. The van der Waals surface area contributed by atoms with Gasteiger partial charge in [-0.1, -0.05) is 17.7 Å². The summed E-state index contributed by atoms with van der Waals surface area (Å²) >= 11 is 5.57. The number of nitrogens with zero attached hydrogens (tertiary/aromatic N) is 2. The van der Waals surface area contributed by atoms with Gasteiger partial charge in [0.05, 0.1) is 16.9 Å². The Kier molecular flexibility index (Phi) is 3.28. The molecule has 0 N–H and O–H groups in total. The molecule has 0 bridgehead atoms. The van der Waals surface area contributed by atoms with Gasteiger partial charge < -0.3 is 0 Å². The highest BCUT2D eigenvalue weighted by Crippen LogP contribution is 2.34. The molecule has 0 unspecified atom stereocenters. The maximum atomic E-state index is 13.8. The molecule has 2 nitrogen and oxygen atoms in total. The van der Waals surface area contributed by atoms with Gasteiger partial charge in [-0.05, 0) is 6.07 Å². The Morgan fingerprint density at radius 2 is 1.94 bits per heavy atom. The Morgan fingerprint density at radius 1 is 1.18 bits per heavy atom. The minimum absolute atomic E-state index is 0.0304. The van der Waals surface area contributed by atoms with Crippen LogP contribution in [-0.2, 0) is 0 Å². The summed E-state index contributed by atoms with van der Waals surface area (Å²) < 4.78 is 39.3. The maximum absolute atomic E-state index is 13.8. The van der Waals surface area contributed by atoms with Crippen LogP contribution in [0.2, 0.25) is 5.02 Å². The Balaban J connectivity index is 2.70. The van der Waals surface area contributed by atoms with Gasteiger partial charge in [0.2, 0.25) is 0 Å². The SMILES string of the molecule is Fc1c(Cl)ccc(C(F)F)c1-c1cnccn1. The van der Waals surface area contributed by atoms with E-state index >= 15 is 0 Å². The van der Waals surface area contributed by atoms with Crippen molar-refractivity contribution in [2.75, 3.05) is 0 Å². The first-order valence-corrected chi connectivity index (χ1v) is 5.01. The molecule has 0 saturated heterocycles. The van der Waals surface area contributed by atoms with Crippen LogP contribution in [0.5, 0.6) is 0 Å². The fourth-order valence-corrected chi connectivity index (χ4v) is 1.59. The lowest BCUT2D eigenvalue weighted by Gasteiger charge is -2.10. The van der Waals surface area contributed by atoms with Gasteiger partial charge in [0.1, 0.15) is 0 Å². The Hall–Kier alpha value is -1.62. The zero-order valence-electron chi connectivity index (χ0n) is 8.37. The van der Waals surface area contributed by atoms with Crippen LogP contribution in [0.15, 0.2) is 30.7 Å². The van der Waals surface area contributed by atoms with E-state index in [4.69, 9.17) is 11.6 Å². The van der Waals surface area contributed by atoms with E-state index in [0.29, 0.717) is 0 Å². The van der Waals surface area contributed by atoms with E-state index in [2.05, 4.69) is 9.97 Å². The third-order valence-electron chi connectivity index (χ3n) is 2.18. The molecule has 1 aromatic heterocycles. The van der Waals surface area contributed by atoms with E-state index in [9.17, 15) is 13.2 Å². The first-order chi connectivity index (χ1) is 8.11. The molecule has 0 aliphatic heterocycles. The fraction of sp³-hybridized carbons (Fsp3) is 0.0909. The molecule has 0 saturated carbocycles. The van der Waals surface area contributed by atoms with Crippen molar-refractivity contribution in [3.8, 4) is 11.3 Å². The maximum Gasteiger partial charge on any atom is 0.264 e. The summed E-state index contributed by atoms with van der Waals surface area (Å²) in [6.45, 7) is 0. The lowest BCUT2D eigenvalue weighted by Crippen LogP contribution is -1.97. The smallest absolute Gasteiger partial charge is 0.261 e. The number of alkyl halides is 2. The van der Waals surface area contributed by atoms with E-state index < -0.39 is 17.8 Å². The number of halogens is 4. The van der Waals surface area contributed by atoms with Crippen LogP contribution < -0.4 is 0 Å². The Bertz CT molecular complexity index is 532. The van der Waals surface area contributed by atoms with Crippen molar-refractivity contribution >= 4 is 11.6 Å². The summed E-state index contributed by atoms with van der Waals surface area (Å²) in [5, 5.41) is -0.227. The number of hydrogen-bond donors (Lipinski definition) is 0. The minimum Gasteiger partial charge on any atom is -0.261 e. The molecule has 0 spiro atoms. The fourth-order valence-electron chi connectivity index (χ4n) is 1.44. The highest BCUT2D eigenvalue weighted by molar-refractivity contribution is 6.31. The molecular formula is C11H6ClF3N2. The molecule has 0 fully saturated rings. The molecule has 17 heavy (non-hydrogen) atoms. The van der Waals surface area contributed by atoms with Gasteiger partial charge in [-0.2, -0.15) is 0 Å². The summed E-state index contributed by atoms with van der Waals surface area (Å²) in [5.41, 5.74) is -0.726. The van der Waals surface area contributed by atoms with Gasteiger partial charge in [-0.15, -0.1) is 0 Å². The number of rotatable bonds is 2. The zero-order valence-corrected chi connectivity index (χ0v) is 9.13. The van der Waals surface area contributed by atoms with Crippen molar-refractivity contribution < 1.29 is 13.2 Å². The largest absolute Gasteiger partial charge is 0.264 e. The number of aromatic nitrogens is 2. The monoisotopic (exact) mass is 258 g/mol. The second kappa shape index (κ2) is 4.71. The topological polar surface area (TPSA) is 25.8 Å². The van der Waals surface area contributed by atoms with Gasteiger partial charge in [-0.25, -0.2) is 13.2 Å². The summed E-state index contributed by atoms with van der Waals surface area (Å²) in [7, 11) is 0. The van der Waals surface area contributed by atoms with Gasteiger partial charge in [-0.3, -0.25) is 9.97 Å². The average Bonchev–Trinajstić information content (AvgIpc) is 2.33. The Morgan fingerprint density at radius 3 is 2.53 bits per heavy atom. The second-order valence-corrected chi connectivity index (χ2v) is 3.62. The predicted molar refractivity (Wildman–Crippen MR) is 57.4 cm³/mol. The van der Waals surface area contributed by atoms with Gasteiger partial charge in [0, 0.05) is 23.5 Å². The second-order valence-electron chi connectivity index (χ2n) is 3.22. The van der Waals surface area contributed by atoms with Crippen molar-refractivity contribution in [1.29, 1.82) is 0 Å². The molecule has 1 heterocycles. The van der Waals surface area contributed by atoms with E-state index in [0.717, 1.165) is 12.1 Å². The third-order valence-corrected chi connectivity index (χ3v) is 2.47. The molecule has 88 valence electrons. The highest BCUT2D eigenvalue weighted by Gasteiger charge is 2.21. The average molecular weight is 259 g/mol. The zero-order chi connectivity index (χ0) is 12.4. The lowest BCUT2D eigenvalue weighted by atomic mass is 10.0. The normalized spacial score (nSPS) is 10.9. The van der Waals surface area contributed by atoms with E-state index in [1.807, 2.05) is 0 Å². The highest BCUT2D eigenvalue weighted by atomic mass is 35.5. The van der Waals surface area contributed by atoms with E-state index in [-0.39, 0.29) is 16.3 Å². The van der Waals surface area contributed by atoms with Crippen LogP contribution in [0.25, 0.3) is 11.3 Å². The molecular weight excluding hydrogens is 253 g/mol. The molecule has 0 aliphatic rings. The number of benzene rings is 1. The molecule has 2 rings (SSSR count). The first-order valence-electron chi connectivity index (χ1n) is 4.63. The van der Waals surface area contributed by atoms with Crippen molar-refractivity contribution in [2.45, 2.75) is 6.43 Å². The predicted octanol–water partition coefficient (Wildman–Crippen LogP) is 3.87. The molecule has 0 amide bonds. The number of hydrogen-bond acceptors (Lipinski definition) is 2. The molecule has 6 heteroatoms. The van der Waals surface area contributed by atoms with Crippen molar-refractivity contribution in [3.05, 3.63) is 47.1 Å². The van der Waals surface area contributed by atoms with Crippen molar-refractivity contribution in [3.63, 3.8) is 0 Å². The van der Waals surface area contributed by atoms with Crippen LogP contribution >= 0.6 is 11.6 Å². The summed E-state index contributed by atoms with van der Waals surface area (Å²) in [6.07, 6.45) is 1.07. The molecule has 0 radical (unpaired) electrons. The van der Waals surface area contributed by atoms with E-state index in [1.165, 1.54) is 18.6 Å². The van der Waals surface area contributed by atoms with Gasteiger partial charge in [0.25, 0.3) is 6.43 Å². The van der Waals surface area contributed by atoms with Crippen molar-refractivity contribution in [2.24, 2.45) is 0 Å². The molecule has 1 aromatic carbocycles. The first kappa shape index (κ1) is 11.9. The van der Waals surface area contributed by atoms with Gasteiger partial charge >= 0.3 is 0 Å². The van der Waals surface area contributed by atoms with Crippen molar-refractivity contribution in [1.82, 2.24) is 9.97 Å². The van der Waals surface area contributed by atoms with E-state index in [1.54, 1.807) is 0 Å². The lowest BCUT2D eigenvalue weighted by molar-refractivity contribution is 0.151. The summed E-state index contributed by atoms with van der Waals surface area (Å²) in [4.78, 5) is 7.51. The van der Waals surface area contributed by atoms with Crippen LogP contribution in [-0.4, -0.2) is 9.97 Å². The molecule has 2 aromatic rings. The van der Waals surface area contributed by atoms with Crippen LogP contribution in [0.3, 0.4) is 0 Å². The van der Waals surface area contributed by atoms with Crippen LogP contribution in [0.1, 0.15) is 12.0 Å². The summed E-state index contributed by atoms with van der Waals surface area (Å²) in [5.74, 6) is -0.912. The van der Waals surface area contributed by atoms with Crippen LogP contribution in [0, 0.1) is 5.82 Å². The quantitative estimate of drug-likeness (QED) is 0.817. The third kappa shape index (κ3) is 2.24. The Labute approximate surface area is 100 Å². The standard InChI is InChI=1S/C11H6ClF3N2/c12-7-2-1-6(11(14)15)9(10(7)13)8-5-16-3-4-17-8/h1-5,11H. The minimum atomic E-state index is -2.81. The summed E-state index contributed by atoms with van der Waals surface area (Å²) in [6, 6.07) is 2.18.